The number of fused-ring (bicyclic) bond motifs is 1. The normalized spacial score (nSPS) is 18.4. The van der Waals surface area contributed by atoms with Crippen molar-refractivity contribution in [3.8, 4) is 11.1 Å². The van der Waals surface area contributed by atoms with E-state index in [-0.39, 0.29) is 23.4 Å². The Morgan fingerprint density at radius 1 is 1.13 bits per heavy atom. The molecule has 208 valence electrons. The number of likely N-dealkylation sites (tertiary alicyclic amines) is 1. The molecule has 2 aliphatic rings. The fourth-order valence-electron chi connectivity index (χ4n) is 5.84. The molecule has 3 heterocycles. The van der Waals surface area contributed by atoms with Crippen LogP contribution in [-0.2, 0) is 15.7 Å². The lowest BCUT2D eigenvalue weighted by molar-refractivity contribution is -0.137. The van der Waals surface area contributed by atoms with Gasteiger partial charge in [0.15, 0.2) is 0 Å². The maximum absolute atomic E-state index is 13.8. The third-order valence-corrected chi connectivity index (χ3v) is 8.03. The second-order valence-electron chi connectivity index (χ2n) is 10.5. The number of benzene rings is 2. The monoisotopic (exact) mass is 540 g/mol. The van der Waals surface area contributed by atoms with Crippen LogP contribution in [0, 0.1) is 0 Å². The van der Waals surface area contributed by atoms with Gasteiger partial charge in [-0.3, -0.25) is 14.4 Å². The van der Waals surface area contributed by atoms with Gasteiger partial charge >= 0.3 is 6.18 Å². The van der Waals surface area contributed by atoms with Gasteiger partial charge < -0.3 is 9.64 Å². The first-order chi connectivity index (χ1) is 18.8. The summed E-state index contributed by atoms with van der Waals surface area (Å²) in [5.74, 6) is 0.140. The van der Waals surface area contributed by atoms with Crippen LogP contribution >= 0.6 is 0 Å². The predicted octanol–water partition coefficient (Wildman–Crippen LogP) is 5.90. The van der Waals surface area contributed by atoms with Crippen LogP contribution in [0.1, 0.15) is 49.4 Å². The van der Waals surface area contributed by atoms with Crippen molar-refractivity contribution in [3.05, 3.63) is 66.4 Å². The summed E-state index contributed by atoms with van der Waals surface area (Å²) in [6, 6.07) is 11.3. The minimum absolute atomic E-state index is 0.0568. The van der Waals surface area contributed by atoms with Gasteiger partial charge in [-0.1, -0.05) is 36.9 Å². The highest BCUT2D eigenvalue weighted by Crippen LogP contribution is 2.40. The molecule has 1 aromatic heterocycles. The van der Waals surface area contributed by atoms with Crippen molar-refractivity contribution in [2.75, 3.05) is 45.9 Å². The van der Waals surface area contributed by atoms with Crippen LogP contribution in [0.15, 0.2) is 55.1 Å². The molecule has 0 bridgehead atoms. The Bertz CT molecular complexity index is 1320. The molecule has 0 spiro atoms. The zero-order chi connectivity index (χ0) is 27.6. The van der Waals surface area contributed by atoms with Crippen LogP contribution in [0.5, 0.6) is 0 Å². The first-order valence-corrected chi connectivity index (χ1v) is 13.7. The summed E-state index contributed by atoms with van der Waals surface area (Å²) in [5.41, 5.74) is 1.81. The van der Waals surface area contributed by atoms with Gasteiger partial charge in [0.05, 0.1) is 30.3 Å². The second-order valence-corrected chi connectivity index (χ2v) is 10.5. The van der Waals surface area contributed by atoms with Crippen LogP contribution < -0.4 is 0 Å². The smallest absolute Gasteiger partial charge is 0.379 e. The van der Waals surface area contributed by atoms with Crippen LogP contribution in [-0.4, -0.2) is 71.4 Å². The summed E-state index contributed by atoms with van der Waals surface area (Å²) in [7, 11) is 0. The lowest BCUT2D eigenvalue weighted by Crippen LogP contribution is -2.38. The van der Waals surface area contributed by atoms with Crippen molar-refractivity contribution in [1.29, 1.82) is 0 Å². The highest BCUT2D eigenvalue weighted by Gasteiger charge is 2.34. The molecular formula is C30H35F3N4O2. The molecule has 6 nitrogen and oxygen atoms in total. The number of morpholine rings is 1. The number of rotatable bonds is 7. The van der Waals surface area contributed by atoms with Gasteiger partial charge in [0.1, 0.15) is 0 Å². The molecule has 1 atom stereocenters. The van der Waals surface area contributed by atoms with Gasteiger partial charge in [-0.2, -0.15) is 18.3 Å². The molecule has 2 aromatic carbocycles. The van der Waals surface area contributed by atoms with E-state index in [1.807, 2.05) is 11.0 Å². The number of ether oxygens (including phenoxy) is 1. The van der Waals surface area contributed by atoms with Gasteiger partial charge in [-0.15, -0.1) is 0 Å². The quantitative estimate of drug-likeness (QED) is 0.351. The Kier molecular flexibility index (Phi) is 8.09. The van der Waals surface area contributed by atoms with Crippen LogP contribution in [0.25, 0.3) is 22.0 Å². The van der Waals surface area contributed by atoms with E-state index in [2.05, 4.69) is 23.1 Å². The Morgan fingerprint density at radius 3 is 2.54 bits per heavy atom. The summed E-state index contributed by atoms with van der Waals surface area (Å²) in [6.45, 7) is 11.3. The van der Waals surface area contributed by atoms with Gasteiger partial charge in [0.25, 0.3) is 0 Å². The number of halogens is 3. The summed E-state index contributed by atoms with van der Waals surface area (Å²) >= 11 is 0. The molecule has 9 heteroatoms. The van der Waals surface area contributed by atoms with Crippen LogP contribution in [0.2, 0.25) is 0 Å². The molecule has 39 heavy (non-hydrogen) atoms. The Hall–Kier alpha value is -3.17. The molecule has 2 aliphatic heterocycles. The fraction of sp³-hybridized carbons (Fsp3) is 0.467. The standard InChI is InChI=1S/C30H35F3N4O2/c1-3-28(38)36-14-11-22(12-15-36)29-25-9-8-23(24-6-4-5-7-26(24)30(31,32)33)20-27(25)34-37(29)21(2)10-13-35-16-18-39-19-17-35/h3-9,20-22H,1,10-19H2,2H3. The van der Waals surface area contributed by atoms with Crippen molar-refractivity contribution in [2.45, 2.75) is 44.3 Å². The topological polar surface area (TPSA) is 50.6 Å². The van der Waals surface area contributed by atoms with E-state index in [1.165, 1.54) is 18.2 Å². The van der Waals surface area contributed by atoms with Crippen molar-refractivity contribution >= 4 is 16.8 Å². The van der Waals surface area contributed by atoms with E-state index < -0.39 is 11.7 Å². The third-order valence-electron chi connectivity index (χ3n) is 8.03. The molecule has 0 aliphatic carbocycles. The average Bonchev–Trinajstić information content (AvgIpc) is 3.34. The summed E-state index contributed by atoms with van der Waals surface area (Å²) in [5, 5.41) is 5.96. The number of carbonyl (C=O) groups excluding carboxylic acids is 1. The largest absolute Gasteiger partial charge is 0.417 e. The number of aromatic nitrogens is 2. The van der Waals surface area contributed by atoms with Crippen LogP contribution in [0.3, 0.4) is 0 Å². The average molecular weight is 541 g/mol. The number of piperidine rings is 1. The van der Waals surface area contributed by atoms with Crippen molar-refractivity contribution in [2.24, 2.45) is 0 Å². The molecule has 2 saturated heterocycles. The van der Waals surface area contributed by atoms with E-state index in [1.54, 1.807) is 18.2 Å². The van der Waals surface area contributed by atoms with Crippen LogP contribution in [0.4, 0.5) is 13.2 Å². The molecular weight excluding hydrogens is 505 g/mol. The van der Waals surface area contributed by atoms with Crippen molar-refractivity contribution < 1.29 is 22.7 Å². The van der Waals surface area contributed by atoms with E-state index in [0.717, 1.165) is 69.3 Å². The van der Waals surface area contributed by atoms with Gasteiger partial charge in [0, 0.05) is 49.7 Å². The Labute approximate surface area is 227 Å². The van der Waals surface area contributed by atoms with E-state index in [4.69, 9.17) is 9.84 Å². The second kappa shape index (κ2) is 11.5. The zero-order valence-electron chi connectivity index (χ0n) is 22.3. The van der Waals surface area contributed by atoms with E-state index >= 15 is 0 Å². The van der Waals surface area contributed by atoms with E-state index in [0.29, 0.717) is 24.2 Å². The Morgan fingerprint density at radius 2 is 1.85 bits per heavy atom. The van der Waals surface area contributed by atoms with Gasteiger partial charge in [-0.05, 0) is 55.5 Å². The number of amides is 1. The Balaban J connectivity index is 1.50. The maximum Gasteiger partial charge on any atom is 0.417 e. The summed E-state index contributed by atoms with van der Waals surface area (Å²) in [4.78, 5) is 16.4. The summed E-state index contributed by atoms with van der Waals surface area (Å²) in [6.07, 6.45) is -0.585. The lowest BCUT2D eigenvalue weighted by atomic mass is 9.90. The molecule has 1 unspecified atom stereocenters. The summed E-state index contributed by atoms with van der Waals surface area (Å²) < 4.78 is 48.8. The van der Waals surface area contributed by atoms with Crippen molar-refractivity contribution in [1.82, 2.24) is 19.6 Å². The number of nitrogens with zero attached hydrogens (tertiary/aromatic N) is 4. The molecule has 2 fully saturated rings. The fourth-order valence-corrected chi connectivity index (χ4v) is 5.84. The lowest BCUT2D eigenvalue weighted by Gasteiger charge is -2.33. The highest BCUT2D eigenvalue weighted by atomic mass is 19.4. The molecule has 3 aromatic rings. The first kappa shape index (κ1) is 27.4. The third kappa shape index (κ3) is 5.89. The first-order valence-electron chi connectivity index (χ1n) is 13.7. The number of hydrogen-bond donors (Lipinski definition) is 0. The number of alkyl halides is 3. The molecule has 0 saturated carbocycles. The van der Waals surface area contributed by atoms with Gasteiger partial charge in [0.2, 0.25) is 5.91 Å². The predicted molar refractivity (Wildman–Crippen MR) is 146 cm³/mol. The van der Waals surface area contributed by atoms with Gasteiger partial charge in [-0.25, -0.2) is 0 Å². The minimum Gasteiger partial charge on any atom is -0.379 e. The molecule has 0 radical (unpaired) electrons. The van der Waals surface area contributed by atoms with E-state index in [9.17, 15) is 18.0 Å². The highest BCUT2D eigenvalue weighted by molar-refractivity contribution is 5.88. The maximum atomic E-state index is 13.8. The molecule has 1 amide bonds. The number of hydrogen-bond acceptors (Lipinski definition) is 4. The van der Waals surface area contributed by atoms with Crippen molar-refractivity contribution in [3.63, 3.8) is 0 Å². The SMILES string of the molecule is C=CC(=O)N1CCC(c2c3ccc(-c4ccccc4C(F)(F)F)cc3nn2C(C)CCN2CCOCC2)CC1. The zero-order valence-corrected chi connectivity index (χ0v) is 22.3. The number of carbonyl (C=O) groups is 1. The molecule has 5 rings (SSSR count). The molecule has 0 N–H and O–H groups in total. The minimum atomic E-state index is -4.44.